The van der Waals surface area contributed by atoms with Crippen LogP contribution in [0.4, 0.5) is 0 Å². The Morgan fingerprint density at radius 3 is 2.80 bits per heavy atom. The second-order valence-electron chi connectivity index (χ2n) is 5.70. The number of nitrogens with two attached hydrogens (primary N) is 1. The van der Waals surface area contributed by atoms with E-state index in [1.807, 2.05) is 30.3 Å². The highest BCUT2D eigenvalue weighted by atomic mass is 16.3. The molecule has 1 aromatic rings. The van der Waals surface area contributed by atoms with Crippen molar-refractivity contribution in [3.05, 3.63) is 35.9 Å². The summed E-state index contributed by atoms with van der Waals surface area (Å²) in [5.41, 5.74) is 6.91. The lowest BCUT2D eigenvalue weighted by Gasteiger charge is -2.34. The molecule has 1 fully saturated rings. The maximum Gasteiger partial charge on any atom is 0.0995 e. The van der Waals surface area contributed by atoms with Crippen LogP contribution in [0.25, 0.3) is 0 Å². The van der Waals surface area contributed by atoms with Crippen LogP contribution in [0.2, 0.25) is 0 Å². The van der Waals surface area contributed by atoms with Gasteiger partial charge in [0.2, 0.25) is 0 Å². The number of piperidine rings is 1. The smallest absolute Gasteiger partial charge is 0.0995 e. The van der Waals surface area contributed by atoms with Gasteiger partial charge in [0.05, 0.1) is 11.8 Å². The molecule has 4 N–H and O–H groups in total. The molecule has 0 saturated carbocycles. The van der Waals surface area contributed by atoms with Gasteiger partial charge in [-0.15, -0.1) is 0 Å². The first kappa shape index (κ1) is 15.0. The van der Waals surface area contributed by atoms with Crippen LogP contribution >= 0.6 is 0 Å². The Balaban J connectivity index is 2.00. The number of aliphatic hydroxyl groups excluding tert-OH is 1. The van der Waals surface area contributed by atoms with E-state index >= 15 is 0 Å². The van der Waals surface area contributed by atoms with Gasteiger partial charge in [-0.2, -0.15) is 0 Å². The molecule has 2 atom stereocenters. The number of amidine groups is 1. The number of nitrogens with zero attached hydrogens (tertiary/aromatic N) is 1. The number of hydrogen-bond donors (Lipinski definition) is 3. The SMILES string of the molecule is N=C(N)C(CN1CCCC(CCO)C1)c1ccccc1. The molecule has 0 aromatic heterocycles. The highest BCUT2D eigenvalue weighted by Gasteiger charge is 2.24. The third kappa shape index (κ3) is 4.05. The molecule has 0 bridgehead atoms. The third-order valence-electron chi connectivity index (χ3n) is 4.16. The van der Waals surface area contributed by atoms with Gasteiger partial charge in [0.1, 0.15) is 0 Å². The standard InChI is InChI=1S/C16H25N3O/c17-16(18)15(14-6-2-1-3-7-14)12-19-9-4-5-13(11-19)8-10-20/h1-3,6-7,13,15,20H,4-5,8-12H2,(H3,17,18). The predicted molar refractivity (Wildman–Crippen MR) is 82.0 cm³/mol. The van der Waals surface area contributed by atoms with Crippen molar-refractivity contribution in [2.24, 2.45) is 11.7 Å². The minimum Gasteiger partial charge on any atom is -0.396 e. The molecular formula is C16H25N3O. The zero-order valence-electron chi connectivity index (χ0n) is 12.0. The molecule has 1 aliphatic rings. The fourth-order valence-corrected chi connectivity index (χ4v) is 3.06. The Morgan fingerprint density at radius 2 is 2.15 bits per heavy atom. The fourth-order valence-electron chi connectivity index (χ4n) is 3.06. The second-order valence-corrected chi connectivity index (χ2v) is 5.70. The average molecular weight is 275 g/mol. The van der Waals surface area contributed by atoms with Crippen LogP contribution in [0.5, 0.6) is 0 Å². The lowest BCUT2D eigenvalue weighted by atomic mass is 9.92. The van der Waals surface area contributed by atoms with Gasteiger partial charge < -0.3 is 15.7 Å². The molecule has 0 radical (unpaired) electrons. The molecular weight excluding hydrogens is 250 g/mol. The first-order chi connectivity index (χ1) is 9.70. The van der Waals surface area contributed by atoms with Crippen molar-refractivity contribution < 1.29 is 5.11 Å². The third-order valence-corrected chi connectivity index (χ3v) is 4.16. The summed E-state index contributed by atoms with van der Waals surface area (Å²) in [6, 6.07) is 10.1. The molecule has 1 heterocycles. The quantitative estimate of drug-likeness (QED) is 0.547. The highest BCUT2D eigenvalue weighted by molar-refractivity contribution is 5.84. The Kier molecular flexibility index (Phi) is 5.56. The predicted octanol–water partition coefficient (Wildman–Crippen LogP) is 1.80. The maximum atomic E-state index is 9.08. The Hall–Kier alpha value is -1.39. The van der Waals surface area contributed by atoms with Crippen molar-refractivity contribution in [2.75, 3.05) is 26.2 Å². The normalized spacial score (nSPS) is 21.6. The number of aliphatic hydroxyl groups is 1. The second kappa shape index (κ2) is 7.41. The zero-order chi connectivity index (χ0) is 14.4. The Labute approximate surface area is 121 Å². The van der Waals surface area contributed by atoms with Crippen LogP contribution in [0.15, 0.2) is 30.3 Å². The van der Waals surface area contributed by atoms with Gasteiger partial charge in [-0.25, -0.2) is 0 Å². The minimum absolute atomic E-state index is 0.0240. The van der Waals surface area contributed by atoms with Crippen molar-refractivity contribution in [3.8, 4) is 0 Å². The lowest BCUT2D eigenvalue weighted by molar-refractivity contribution is 0.147. The summed E-state index contributed by atoms with van der Waals surface area (Å²) in [4.78, 5) is 2.39. The van der Waals surface area contributed by atoms with Gasteiger partial charge in [-0.05, 0) is 37.3 Å². The number of nitrogens with one attached hydrogen (secondary N) is 1. The fraction of sp³-hybridized carbons (Fsp3) is 0.562. The van der Waals surface area contributed by atoms with E-state index in [0.29, 0.717) is 5.92 Å². The van der Waals surface area contributed by atoms with Crippen molar-refractivity contribution in [1.82, 2.24) is 4.90 Å². The molecule has 1 aliphatic heterocycles. The molecule has 4 heteroatoms. The summed E-state index contributed by atoms with van der Waals surface area (Å²) in [5, 5.41) is 16.9. The summed E-state index contributed by atoms with van der Waals surface area (Å²) in [5.74, 6) is 0.793. The van der Waals surface area contributed by atoms with Crippen molar-refractivity contribution in [2.45, 2.75) is 25.2 Å². The molecule has 20 heavy (non-hydrogen) atoms. The van der Waals surface area contributed by atoms with Crippen LogP contribution < -0.4 is 5.73 Å². The van der Waals surface area contributed by atoms with E-state index in [9.17, 15) is 0 Å². The van der Waals surface area contributed by atoms with E-state index in [1.165, 1.54) is 12.8 Å². The Morgan fingerprint density at radius 1 is 1.40 bits per heavy atom. The number of hydrogen-bond acceptors (Lipinski definition) is 3. The van der Waals surface area contributed by atoms with Crippen molar-refractivity contribution in [1.29, 1.82) is 5.41 Å². The first-order valence-electron chi connectivity index (χ1n) is 7.42. The van der Waals surface area contributed by atoms with Crippen molar-refractivity contribution >= 4 is 5.84 Å². The van der Waals surface area contributed by atoms with E-state index in [2.05, 4.69) is 4.90 Å². The minimum atomic E-state index is -0.0240. The van der Waals surface area contributed by atoms with Gasteiger partial charge >= 0.3 is 0 Å². The lowest BCUT2D eigenvalue weighted by Crippen LogP contribution is -2.41. The summed E-state index contributed by atoms with van der Waals surface area (Å²) < 4.78 is 0. The van der Waals surface area contributed by atoms with E-state index in [4.69, 9.17) is 16.2 Å². The Bertz CT molecular complexity index is 419. The summed E-state index contributed by atoms with van der Waals surface area (Å²) >= 11 is 0. The maximum absolute atomic E-state index is 9.08. The topological polar surface area (TPSA) is 73.3 Å². The van der Waals surface area contributed by atoms with Crippen LogP contribution in [-0.4, -0.2) is 42.1 Å². The molecule has 4 nitrogen and oxygen atoms in total. The highest BCUT2D eigenvalue weighted by Crippen LogP contribution is 2.23. The van der Waals surface area contributed by atoms with Crippen LogP contribution in [0.1, 0.15) is 30.7 Å². The van der Waals surface area contributed by atoms with Gasteiger partial charge in [0, 0.05) is 19.7 Å². The largest absolute Gasteiger partial charge is 0.396 e. The van der Waals surface area contributed by atoms with Crippen molar-refractivity contribution in [3.63, 3.8) is 0 Å². The average Bonchev–Trinajstić information content (AvgIpc) is 2.46. The summed E-state index contributed by atoms with van der Waals surface area (Å²) in [6.07, 6.45) is 3.25. The number of rotatable bonds is 6. The van der Waals surface area contributed by atoms with E-state index < -0.39 is 0 Å². The van der Waals surface area contributed by atoms with Gasteiger partial charge in [0.25, 0.3) is 0 Å². The number of benzene rings is 1. The van der Waals surface area contributed by atoms with Gasteiger partial charge in [-0.3, -0.25) is 5.41 Å². The summed E-state index contributed by atoms with van der Waals surface area (Å²) in [7, 11) is 0. The van der Waals surface area contributed by atoms with Crippen LogP contribution in [0, 0.1) is 11.3 Å². The van der Waals surface area contributed by atoms with Gasteiger partial charge in [-0.1, -0.05) is 30.3 Å². The summed E-state index contributed by atoms with van der Waals surface area (Å²) in [6.45, 7) is 3.16. The number of likely N-dealkylation sites (tertiary alicyclic amines) is 1. The monoisotopic (exact) mass is 275 g/mol. The van der Waals surface area contributed by atoms with E-state index in [0.717, 1.165) is 31.6 Å². The molecule has 1 saturated heterocycles. The van der Waals surface area contributed by atoms with E-state index in [1.54, 1.807) is 0 Å². The van der Waals surface area contributed by atoms with Crippen LogP contribution in [-0.2, 0) is 0 Å². The molecule has 1 aromatic carbocycles. The first-order valence-corrected chi connectivity index (χ1v) is 7.42. The molecule has 2 rings (SSSR count). The molecule has 110 valence electrons. The zero-order valence-corrected chi connectivity index (χ0v) is 12.0. The van der Waals surface area contributed by atoms with Gasteiger partial charge in [0.15, 0.2) is 0 Å². The molecule has 0 aliphatic carbocycles. The van der Waals surface area contributed by atoms with Crippen LogP contribution in [0.3, 0.4) is 0 Å². The molecule has 0 spiro atoms. The molecule has 0 amide bonds. The van der Waals surface area contributed by atoms with E-state index in [-0.39, 0.29) is 18.4 Å². The molecule has 2 unspecified atom stereocenters.